The van der Waals surface area contributed by atoms with Crippen LogP contribution in [0.3, 0.4) is 0 Å². The molecule has 0 atom stereocenters. The Morgan fingerprint density at radius 3 is 2.93 bits per heavy atom. The lowest BCUT2D eigenvalue weighted by Crippen LogP contribution is -2.25. The molecule has 1 fully saturated rings. The number of furan rings is 1. The summed E-state index contributed by atoms with van der Waals surface area (Å²) in [6.07, 6.45) is 4.78. The molecule has 2 rings (SSSR count). The van der Waals surface area contributed by atoms with Gasteiger partial charge in [0.25, 0.3) is 0 Å². The van der Waals surface area contributed by atoms with Crippen molar-refractivity contribution in [1.82, 2.24) is 5.32 Å². The van der Waals surface area contributed by atoms with Crippen molar-refractivity contribution in [2.45, 2.75) is 24.1 Å². The first-order valence-corrected chi connectivity index (χ1v) is 6.25. The standard InChI is InChI=1S/C11H14N2OS/c1-15-11(4-5-11)8-13-7-10-3-2-9(6-12)14-10/h2-3,13H,4-5,7-8H2,1H3. The molecule has 1 aliphatic rings. The van der Waals surface area contributed by atoms with Crippen molar-refractivity contribution < 1.29 is 4.42 Å². The van der Waals surface area contributed by atoms with Gasteiger partial charge in [-0.1, -0.05) is 0 Å². The maximum atomic E-state index is 8.59. The van der Waals surface area contributed by atoms with Crippen LogP contribution in [-0.4, -0.2) is 17.5 Å². The Hall–Kier alpha value is -0.920. The van der Waals surface area contributed by atoms with E-state index in [4.69, 9.17) is 9.68 Å². The number of rotatable bonds is 5. The molecule has 80 valence electrons. The van der Waals surface area contributed by atoms with Crippen LogP contribution in [0.5, 0.6) is 0 Å². The number of hydrogen-bond acceptors (Lipinski definition) is 4. The predicted molar refractivity (Wildman–Crippen MR) is 60.6 cm³/mol. The fraction of sp³-hybridized carbons (Fsp3) is 0.545. The zero-order valence-corrected chi connectivity index (χ0v) is 9.56. The van der Waals surface area contributed by atoms with Gasteiger partial charge in [-0.3, -0.25) is 0 Å². The first kappa shape index (κ1) is 10.6. The van der Waals surface area contributed by atoms with Crippen LogP contribution in [-0.2, 0) is 6.54 Å². The smallest absolute Gasteiger partial charge is 0.203 e. The highest BCUT2D eigenvalue weighted by Gasteiger charge is 2.41. The van der Waals surface area contributed by atoms with Crippen molar-refractivity contribution in [3.05, 3.63) is 23.7 Å². The highest BCUT2D eigenvalue weighted by atomic mass is 32.2. The van der Waals surface area contributed by atoms with E-state index in [1.165, 1.54) is 12.8 Å². The van der Waals surface area contributed by atoms with Crippen LogP contribution in [0.25, 0.3) is 0 Å². The van der Waals surface area contributed by atoms with E-state index in [1.807, 2.05) is 23.9 Å². The summed E-state index contributed by atoms with van der Waals surface area (Å²) in [5.41, 5.74) is 0. The third-order valence-corrected chi connectivity index (χ3v) is 4.18. The Labute approximate surface area is 93.8 Å². The van der Waals surface area contributed by atoms with Gasteiger partial charge in [0.05, 0.1) is 6.54 Å². The van der Waals surface area contributed by atoms with Gasteiger partial charge in [0, 0.05) is 11.3 Å². The maximum Gasteiger partial charge on any atom is 0.203 e. The molecule has 0 aliphatic heterocycles. The van der Waals surface area contributed by atoms with Crippen LogP contribution in [0.1, 0.15) is 24.4 Å². The minimum atomic E-state index is 0.387. The summed E-state index contributed by atoms with van der Waals surface area (Å²) in [6, 6.07) is 5.54. The molecule has 1 saturated carbocycles. The van der Waals surface area contributed by atoms with Gasteiger partial charge < -0.3 is 9.73 Å². The van der Waals surface area contributed by atoms with Gasteiger partial charge in [-0.15, -0.1) is 0 Å². The highest BCUT2D eigenvalue weighted by molar-refractivity contribution is 8.00. The molecule has 0 aromatic carbocycles. The van der Waals surface area contributed by atoms with Crippen molar-refractivity contribution in [3.8, 4) is 6.07 Å². The lowest BCUT2D eigenvalue weighted by atomic mass is 10.4. The molecule has 15 heavy (non-hydrogen) atoms. The second-order valence-corrected chi connectivity index (χ2v) is 5.14. The van der Waals surface area contributed by atoms with E-state index < -0.39 is 0 Å². The Bertz CT molecular complexity index is 376. The quantitative estimate of drug-likeness (QED) is 0.829. The minimum Gasteiger partial charge on any atom is -0.449 e. The van der Waals surface area contributed by atoms with E-state index in [9.17, 15) is 0 Å². The molecular weight excluding hydrogens is 208 g/mol. The van der Waals surface area contributed by atoms with Crippen LogP contribution >= 0.6 is 11.8 Å². The number of thioether (sulfide) groups is 1. The summed E-state index contributed by atoms with van der Waals surface area (Å²) in [5, 5.41) is 12.0. The summed E-state index contributed by atoms with van der Waals surface area (Å²) in [7, 11) is 0. The number of hydrogen-bond donors (Lipinski definition) is 1. The molecule has 0 radical (unpaired) electrons. The normalized spacial score (nSPS) is 17.3. The van der Waals surface area contributed by atoms with Crippen molar-refractivity contribution in [1.29, 1.82) is 5.26 Å². The molecule has 3 nitrogen and oxygen atoms in total. The zero-order chi connectivity index (χ0) is 10.7. The Morgan fingerprint density at radius 2 is 2.40 bits per heavy atom. The highest BCUT2D eigenvalue weighted by Crippen LogP contribution is 2.46. The number of nitrogens with one attached hydrogen (secondary N) is 1. The summed E-state index contributed by atoms with van der Waals surface area (Å²) in [6.45, 7) is 1.74. The molecule has 1 aromatic rings. The number of nitrogens with zero attached hydrogens (tertiary/aromatic N) is 1. The molecule has 1 aromatic heterocycles. The topological polar surface area (TPSA) is 49.0 Å². The van der Waals surface area contributed by atoms with Crippen molar-refractivity contribution in [3.63, 3.8) is 0 Å². The average Bonchev–Trinajstić information content (AvgIpc) is 2.89. The number of nitriles is 1. The lowest BCUT2D eigenvalue weighted by Gasteiger charge is -2.11. The van der Waals surface area contributed by atoms with Crippen molar-refractivity contribution >= 4 is 11.8 Å². The van der Waals surface area contributed by atoms with Crippen LogP contribution in [0, 0.1) is 11.3 Å². The van der Waals surface area contributed by atoms with Crippen LogP contribution in [0.15, 0.2) is 16.5 Å². The van der Waals surface area contributed by atoms with Crippen molar-refractivity contribution in [2.75, 3.05) is 12.8 Å². The summed E-state index contributed by atoms with van der Waals surface area (Å²) in [5.74, 6) is 1.22. The monoisotopic (exact) mass is 222 g/mol. The molecule has 0 amide bonds. The predicted octanol–water partition coefficient (Wildman–Crippen LogP) is 2.14. The van der Waals surface area contributed by atoms with E-state index in [0.717, 1.165) is 12.3 Å². The van der Waals surface area contributed by atoms with Gasteiger partial charge in [-0.25, -0.2) is 0 Å². The fourth-order valence-electron chi connectivity index (χ4n) is 1.54. The Balaban J connectivity index is 1.76. The average molecular weight is 222 g/mol. The summed E-state index contributed by atoms with van der Waals surface area (Å²) in [4.78, 5) is 0. The third kappa shape index (κ3) is 2.55. The van der Waals surface area contributed by atoms with E-state index in [-0.39, 0.29) is 0 Å². The lowest BCUT2D eigenvalue weighted by molar-refractivity contribution is 0.473. The largest absolute Gasteiger partial charge is 0.449 e. The van der Waals surface area contributed by atoms with E-state index >= 15 is 0 Å². The molecule has 0 spiro atoms. The first-order valence-electron chi connectivity index (χ1n) is 5.03. The summed E-state index contributed by atoms with van der Waals surface area (Å²) < 4.78 is 5.75. The van der Waals surface area contributed by atoms with Gasteiger partial charge in [0.2, 0.25) is 5.76 Å². The van der Waals surface area contributed by atoms with E-state index in [2.05, 4.69) is 11.6 Å². The van der Waals surface area contributed by atoms with Gasteiger partial charge in [0.15, 0.2) is 0 Å². The molecule has 4 heteroatoms. The van der Waals surface area contributed by atoms with Crippen molar-refractivity contribution in [2.24, 2.45) is 0 Å². The maximum absolute atomic E-state index is 8.59. The molecule has 1 heterocycles. The molecule has 0 bridgehead atoms. The van der Waals surface area contributed by atoms with Crippen LogP contribution in [0.2, 0.25) is 0 Å². The molecule has 1 N–H and O–H groups in total. The molecule has 0 unspecified atom stereocenters. The van der Waals surface area contributed by atoms with Crippen LogP contribution < -0.4 is 5.32 Å². The minimum absolute atomic E-state index is 0.387. The molecular formula is C11H14N2OS. The van der Waals surface area contributed by atoms with Gasteiger partial charge >= 0.3 is 0 Å². The SMILES string of the molecule is CSC1(CNCc2ccc(C#N)o2)CC1. The van der Waals surface area contributed by atoms with E-state index in [1.54, 1.807) is 6.07 Å². The van der Waals surface area contributed by atoms with E-state index in [0.29, 0.717) is 17.1 Å². The van der Waals surface area contributed by atoms with Crippen LogP contribution in [0.4, 0.5) is 0 Å². The third-order valence-electron chi connectivity index (χ3n) is 2.76. The fourth-order valence-corrected chi connectivity index (χ4v) is 2.30. The first-order chi connectivity index (χ1) is 7.28. The second kappa shape index (κ2) is 4.30. The van der Waals surface area contributed by atoms with Gasteiger partial charge in [0.1, 0.15) is 11.8 Å². The summed E-state index contributed by atoms with van der Waals surface area (Å²) >= 11 is 1.94. The zero-order valence-electron chi connectivity index (χ0n) is 8.75. The Kier molecular flexibility index (Phi) is 3.03. The molecule has 0 saturated heterocycles. The molecule has 1 aliphatic carbocycles. The Morgan fingerprint density at radius 1 is 1.60 bits per heavy atom. The van der Waals surface area contributed by atoms with Gasteiger partial charge in [-0.2, -0.15) is 17.0 Å². The second-order valence-electron chi connectivity index (χ2n) is 3.87. The van der Waals surface area contributed by atoms with Gasteiger partial charge in [-0.05, 0) is 31.2 Å².